The van der Waals surface area contributed by atoms with Crippen molar-refractivity contribution in [1.29, 1.82) is 0 Å². The Balaban J connectivity index is 1.24. The summed E-state index contributed by atoms with van der Waals surface area (Å²) in [4.78, 5) is 34.6. The maximum absolute atomic E-state index is 13.5. The van der Waals surface area contributed by atoms with Gasteiger partial charge in [-0.2, -0.15) is 4.98 Å². The third kappa shape index (κ3) is 4.04. The van der Waals surface area contributed by atoms with Crippen molar-refractivity contribution in [2.24, 2.45) is 0 Å². The van der Waals surface area contributed by atoms with E-state index in [0.717, 1.165) is 35.3 Å². The van der Waals surface area contributed by atoms with Gasteiger partial charge in [0.15, 0.2) is 5.82 Å². The topological polar surface area (TPSA) is 96.5 Å². The predicted octanol–water partition coefficient (Wildman–Crippen LogP) is 3.62. The van der Waals surface area contributed by atoms with Crippen LogP contribution in [0.5, 0.6) is 0 Å². The van der Waals surface area contributed by atoms with Crippen LogP contribution in [0.4, 0.5) is 5.69 Å². The van der Waals surface area contributed by atoms with Gasteiger partial charge in [-0.05, 0) is 43.5 Å². The molecule has 0 fully saturated rings. The van der Waals surface area contributed by atoms with Gasteiger partial charge in [0.25, 0.3) is 5.91 Å². The molecule has 37 heavy (non-hydrogen) atoms. The molecule has 2 aliphatic rings. The number of anilines is 1. The van der Waals surface area contributed by atoms with E-state index in [9.17, 15) is 9.59 Å². The second-order valence-electron chi connectivity index (χ2n) is 9.72. The SMILES string of the molecule is Cc1noc(CCCNC(=O)CCn2c3c(c4ccccc42)CCN2C(=O)c4ccccc4N(C)C32)n1. The summed E-state index contributed by atoms with van der Waals surface area (Å²) in [5.41, 5.74) is 5.16. The monoisotopic (exact) mass is 498 g/mol. The molecule has 2 amide bonds. The Morgan fingerprint density at radius 1 is 1.16 bits per heavy atom. The summed E-state index contributed by atoms with van der Waals surface area (Å²) in [5, 5.41) is 8.01. The highest BCUT2D eigenvalue weighted by atomic mass is 16.5. The molecule has 0 aliphatic carbocycles. The quantitative estimate of drug-likeness (QED) is 0.391. The van der Waals surface area contributed by atoms with Gasteiger partial charge < -0.3 is 24.2 Å². The summed E-state index contributed by atoms with van der Waals surface area (Å²) in [7, 11) is 2.05. The van der Waals surface area contributed by atoms with Crippen LogP contribution in [-0.4, -0.2) is 51.6 Å². The Hall–Kier alpha value is -4.14. The summed E-state index contributed by atoms with van der Waals surface area (Å²) in [6.45, 7) is 3.55. The zero-order chi connectivity index (χ0) is 25.5. The number of rotatable bonds is 7. The number of carbonyl (C=O) groups is 2. The first-order valence-corrected chi connectivity index (χ1v) is 12.8. The lowest BCUT2D eigenvalue weighted by Gasteiger charge is -2.46. The number of para-hydroxylation sites is 2. The van der Waals surface area contributed by atoms with Crippen molar-refractivity contribution in [3.05, 3.63) is 77.1 Å². The maximum atomic E-state index is 13.5. The zero-order valence-corrected chi connectivity index (χ0v) is 21.1. The molecule has 0 bridgehead atoms. The Bertz CT molecular complexity index is 1490. The highest BCUT2D eigenvalue weighted by molar-refractivity contribution is 6.02. The second kappa shape index (κ2) is 9.38. The molecule has 1 atom stereocenters. The zero-order valence-electron chi connectivity index (χ0n) is 21.1. The number of hydrogen-bond acceptors (Lipinski definition) is 6. The number of nitrogens with one attached hydrogen (secondary N) is 1. The molecule has 2 aromatic heterocycles. The third-order valence-electron chi connectivity index (χ3n) is 7.43. The van der Waals surface area contributed by atoms with E-state index in [1.165, 1.54) is 10.9 Å². The molecule has 0 saturated carbocycles. The fraction of sp³-hybridized carbons (Fsp3) is 0.357. The molecule has 9 nitrogen and oxygen atoms in total. The fourth-order valence-electron chi connectivity index (χ4n) is 5.76. The molecular formula is C28H30N6O3. The summed E-state index contributed by atoms with van der Waals surface area (Å²) >= 11 is 0. The van der Waals surface area contributed by atoms with Gasteiger partial charge in [-0.15, -0.1) is 0 Å². The minimum atomic E-state index is -0.209. The molecule has 6 rings (SSSR count). The van der Waals surface area contributed by atoms with Crippen molar-refractivity contribution in [2.75, 3.05) is 25.0 Å². The minimum Gasteiger partial charge on any atom is -0.356 e. The lowest BCUT2D eigenvalue weighted by molar-refractivity contribution is -0.121. The fourth-order valence-corrected chi connectivity index (χ4v) is 5.76. The number of aromatic nitrogens is 3. The highest BCUT2D eigenvalue weighted by Crippen LogP contribution is 2.44. The average Bonchev–Trinajstić information content (AvgIpc) is 3.48. The van der Waals surface area contributed by atoms with Crippen LogP contribution in [-0.2, 0) is 24.2 Å². The smallest absolute Gasteiger partial charge is 0.257 e. The summed E-state index contributed by atoms with van der Waals surface area (Å²) in [6, 6.07) is 16.2. The van der Waals surface area contributed by atoms with Crippen LogP contribution in [0.2, 0.25) is 0 Å². The summed E-state index contributed by atoms with van der Waals surface area (Å²) < 4.78 is 7.38. The first-order chi connectivity index (χ1) is 18.0. The van der Waals surface area contributed by atoms with Gasteiger partial charge in [0, 0.05) is 50.4 Å². The largest absolute Gasteiger partial charge is 0.356 e. The van der Waals surface area contributed by atoms with E-state index in [4.69, 9.17) is 4.52 Å². The van der Waals surface area contributed by atoms with Crippen molar-refractivity contribution < 1.29 is 14.1 Å². The molecule has 9 heteroatoms. The van der Waals surface area contributed by atoms with E-state index in [1.807, 2.05) is 35.2 Å². The van der Waals surface area contributed by atoms with Gasteiger partial charge in [-0.25, -0.2) is 0 Å². The highest BCUT2D eigenvalue weighted by Gasteiger charge is 2.42. The molecule has 1 N–H and O–H groups in total. The van der Waals surface area contributed by atoms with E-state index in [0.29, 0.717) is 44.2 Å². The average molecular weight is 499 g/mol. The molecule has 4 aromatic rings. The van der Waals surface area contributed by atoms with Crippen LogP contribution in [0, 0.1) is 6.92 Å². The van der Waals surface area contributed by atoms with E-state index >= 15 is 0 Å². The number of benzene rings is 2. The Labute approximate surface area is 215 Å². The van der Waals surface area contributed by atoms with Gasteiger partial charge in [0.1, 0.15) is 6.17 Å². The van der Waals surface area contributed by atoms with E-state index in [-0.39, 0.29) is 18.0 Å². The number of hydrogen-bond donors (Lipinski definition) is 1. The molecule has 1 unspecified atom stereocenters. The normalized spacial score (nSPS) is 16.5. The third-order valence-corrected chi connectivity index (χ3v) is 7.43. The van der Waals surface area contributed by atoms with Crippen LogP contribution in [0.1, 0.15) is 52.3 Å². The van der Waals surface area contributed by atoms with Gasteiger partial charge in [0.05, 0.1) is 16.9 Å². The first kappa shape index (κ1) is 23.3. The minimum absolute atomic E-state index is 0.000623. The van der Waals surface area contributed by atoms with Gasteiger partial charge in [0.2, 0.25) is 11.8 Å². The van der Waals surface area contributed by atoms with E-state index in [2.05, 4.69) is 50.2 Å². The van der Waals surface area contributed by atoms with Gasteiger partial charge in [-0.3, -0.25) is 9.59 Å². The molecule has 0 saturated heterocycles. The van der Waals surface area contributed by atoms with Crippen molar-refractivity contribution in [3.63, 3.8) is 0 Å². The molecule has 2 aromatic carbocycles. The number of nitrogens with zero attached hydrogens (tertiary/aromatic N) is 5. The number of carbonyl (C=O) groups excluding carboxylic acids is 2. The summed E-state index contributed by atoms with van der Waals surface area (Å²) in [5.74, 6) is 1.28. The molecular weight excluding hydrogens is 468 g/mol. The van der Waals surface area contributed by atoms with Crippen LogP contribution >= 0.6 is 0 Å². The first-order valence-electron chi connectivity index (χ1n) is 12.8. The number of aryl methyl sites for hydroxylation is 3. The van der Waals surface area contributed by atoms with E-state index < -0.39 is 0 Å². The van der Waals surface area contributed by atoms with Crippen molar-refractivity contribution in [2.45, 2.75) is 45.3 Å². The van der Waals surface area contributed by atoms with Crippen molar-refractivity contribution in [3.8, 4) is 0 Å². The standard InChI is InChI=1S/C28H30N6O3/c1-18-30-25(37-31-18)12-7-15-29-24(35)14-17-33-23-11-6-3-8-19(23)20-13-16-34-27(26(20)33)32(2)22-10-5-4-9-21(22)28(34)36/h3-6,8-11,27H,7,12-17H2,1-2H3,(H,29,35). The second-order valence-corrected chi connectivity index (χ2v) is 9.72. The van der Waals surface area contributed by atoms with E-state index in [1.54, 1.807) is 6.92 Å². The van der Waals surface area contributed by atoms with Crippen LogP contribution in [0.3, 0.4) is 0 Å². The molecule has 190 valence electrons. The maximum Gasteiger partial charge on any atom is 0.257 e. The lowest BCUT2D eigenvalue weighted by Crippen LogP contribution is -2.51. The molecule has 4 heterocycles. The molecule has 0 radical (unpaired) electrons. The summed E-state index contributed by atoms with van der Waals surface area (Å²) in [6.07, 6.45) is 2.31. The lowest BCUT2D eigenvalue weighted by atomic mass is 9.96. The predicted molar refractivity (Wildman–Crippen MR) is 139 cm³/mol. The van der Waals surface area contributed by atoms with Crippen LogP contribution < -0.4 is 10.2 Å². The van der Waals surface area contributed by atoms with Crippen molar-refractivity contribution >= 4 is 28.4 Å². The van der Waals surface area contributed by atoms with Crippen molar-refractivity contribution in [1.82, 2.24) is 24.9 Å². The van der Waals surface area contributed by atoms with Crippen LogP contribution in [0.15, 0.2) is 53.1 Å². The number of fused-ring (bicyclic) bond motifs is 6. The van der Waals surface area contributed by atoms with Crippen LogP contribution in [0.25, 0.3) is 10.9 Å². The number of amides is 2. The Kier molecular flexibility index (Phi) is 5.90. The molecule has 0 spiro atoms. The van der Waals surface area contributed by atoms with Gasteiger partial charge >= 0.3 is 0 Å². The van der Waals surface area contributed by atoms with Gasteiger partial charge in [-0.1, -0.05) is 35.5 Å². The molecule has 2 aliphatic heterocycles. The Morgan fingerprint density at radius 3 is 2.81 bits per heavy atom. The Morgan fingerprint density at radius 2 is 1.97 bits per heavy atom.